The van der Waals surface area contributed by atoms with E-state index in [4.69, 9.17) is 11.6 Å². The highest BCUT2D eigenvalue weighted by Gasteiger charge is 2.35. The van der Waals surface area contributed by atoms with Crippen molar-refractivity contribution in [2.24, 2.45) is 7.05 Å². The first-order valence-electron chi connectivity index (χ1n) is 8.13. The first-order chi connectivity index (χ1) is 13.1. The number of hydrogen-bond acceptors (Lipinski definition) is 4. The highest BCUT2D eigenvalue weighted by atomic mass is 35.5. The monoisotopic (exact) mass is 413 g/mol. The second-order valence-corrected chi connectivity index (χ2v) is 6.55. The SMILES string of the molecule is Cc1c2c(C(F)(F)F)cc(=O)n(CCC(=O)Nc3ccc(Cl)cn3)c2nn1C. The van der Waals surface area contributed by atoms with E-state index < -0.39 is 23.2 Å². The van der Waals surface area contributed by atoms with Crippen LogP contribution in [0, 0.1) is 6.92 Å². The summed E-state index contributed by atoms with van der Waals surface area (Å²) >= 11 is 5.72. The lowest BCUT2D eigenvalue weighted by Gasteiger charge is -2.12. The van der Waals surface area contributed by atoms with Crippen LogP contribution in [0.25, 0.3) is 11.0 Å². The molecule has 0 bridgehead atoms. The molecule has 0 saturated heterocycles. The maximum absolute atomic E-state index is 13.3. The molecule has 0 aliphatic heterocycles. The summed E-state index contributed by atoms with van der Waals surface area (Å²) in [6, 6.07) is 3.59. The van der Waals surface area contributed by atoms with Gasteiger partial charge in [-0.05, 0) is 19.1 Å². The third-order valence-corrected chi connectivity index (χ3v) is 4.46. The second kappa shape index (κ2) is 7.27. The fraction of sp³-hybridized carbons (Fsp3) is 0.294. The van der Waals surface area contributed by atoms with Gasteiger partial charge in [-0.25, -0.2) is 4.98 Å². The number of rotatable bonds is 4. The Hall–Kier alpha value is -2.88. The minimum atomic E-state index is -4.69. The average molecular weight is 414 g/mol. The molecule has 0 aromatic carbocycles. The van der Waals surface area contributed by atoms with Crippen molar-refractivity contribution >= 4 is 34.4 Å². The number of aryl methyl sites for hydroxylation is 3. The van der Waals surface area contributed by atoms with Gasteiger partial charge in [-0.3, -0.25) is 18.8 Å². The molecule has 0 atom stereocenters. The van der Waals surface area contributed by atoms with Gasteiger partial charge in [0.05, 0.1) is 16.0 Å². The Kier molecular flexibility index (Phi) is 5.16. The third-order valence-electron chi connectivity index (χ3n) is 4.24. The lowest BCUT2D eigenvalue weighted by atomic mass is 10.1. The molecule has 148 valence electrons. The maximum atomic E-state index is 13.3. The van der Waals surface area contributed by atoms with E-state index in [-0.39, 0.29) is 35.5 Å². The molecule has 3 aromatic rings. The van der Waals surface area contributed by atoms with Crippen molar-refractivity contribution in [3.05, 3.63) is 51.0 Å². The number of nitrogens with one attached hydrogen (secondary N) is 1. The molecule has 1 amide bonds. The van der Waals surface area contributed by atoms with Gasteiger partial charge < -0.3 is 5.32 Å². The van der Waals surface area contributed by atoms with Gasteiger partial charge in [0.15, 0.2) is 5.65 Å². The van der Waals surface area contributed by atoms with Crippen LogP contribution in [0.3, 0.4) is 0 Å². The number of anilines is 1. The molecule has 3 heterocycles. The Bertz CT molecular complexity index is 1100. The molecule has 7 nitrogen and oxygen atoms in total. The molecule has 0 aliphatic rings. The number of carbonyl (C=O) groups is 1. The summed E-state index contributed by atoms with van der Waals surface area (Å²) in [6.07, 6.45) is -3.49. The normalized spacial score (nSPS) is 11.8. The van der Waals surface area contributed by atoms with Gasteiger partial charge in [0.25, 0.3) is 5.56 Å². The van der Waals surface area contributed by atoms with Gasteiger partial charge in [0.2, 0.25) is 5.91 Å². The van der Waals surface area contributed by atoms with E-state index in [0.29, 0.717) is 11.1 Å². The molecular formula is C17H15ClF3N5O2. The summed E-state index contributed by atoms with van der Waals surface area (Å²) in [5.41, 5.74) is -1.76. The van der Waals surface area contributed by atoms with Gasteiger partial charge in [0, 0.05) is 38.0 Å². The average Bonchev–Trinajstić information content (AvgIpc) is 2.89. The summed E-state index contributed by atoms with van der Waals surface area (Å²) in [7, 11) is 1.49. The standard InChI is InChI=1S/C17H15ClF3N5O2/c1-9-15-11(17(19,20)21)7-14(28)26(16(15)24-25(9)2)6-5-13(27)23-12-4-3-10(18)8-22-12/h3-4,7-8H,5-6H2,1-2H3,(H,22,23,27). The largest absolute Gasteiger partial charge is 0.417 e. The number of halogens is 4. The van der Waals surface area contributed by atoms with E-state index >= 15 is 0 Å². The summed E-state index contributed by atoms with van der Waals surface area (Å²) in [5, 5.41) is 6.82. The van der Waals surface area contributed by atoms with Gasteiger partial charge in [-0.2, -0.15) is 18.3 Å². The molecule has 0 fully saturated rings. The van der Waals surface area contributed by atoms with Crippen LogP contribution in [0.1, 0.15) is 17.7 Å². The van der Waals surface area contributed by atoms with E-state index in [0.717, 1.165) is 4.57 Å². The molecule has 3 aromatic heterocycles. The topological polar surface area (TPSA) is 81.8 Å². The molecule has 11 heteroatoms. The predicted molar refractivity (Wildman–Crippen MR) is 97.2 cm³/mol. The highest BCUT2D eigenvalue weighted by Crippen LogP contribution is 2.35. The quantitative estimate of drug-likeness (QED) is 0.712. The zero-order valence-corrected chi connectivity index (χ0v) is 15.6. The molecular weight excluding hydrogens is 399 g/mol. The van der Waals surface area contributed by atoms with E-state index in [1.165, 1.54) is 30.9 Å². The fourth-order valence-corrected chi connectivity index (χ4v) is 2.89. The molecule has 1 N–H and O–H groups in total. The van der Waals surface area contributed by atoms with Crippen molar-refractivity contribution in [3.63, 3.8) is 0 Å². The molecule has 0 aliphatic carbocycles. The Morgan fingerprint density at radius 3 is 2.64 bits per heavy atom. The number of aromatic nitrogens is 4. The van der Waals surface area contributed by atoms with Crippen LogP contribution < -0.4 is 10.9 Å². The van der Waals surface area contributed by atoms with Crippen molar-refractivity contribution in [2.75, 3.05) is 5.32 Å². The summed E-state index contributed by atoms with van der Waals surface area (Å²) in [4.78, 5) is 28.3. The Morgan fingerprint density at radius 1 is 1.32 bits per heavy atom. The van der Waals surface area contributed by atoms with Crippen LogP contribution in [-0.4, -0.2) is 25.2 Å². The van der Waals surface area contributed by atoms with Crippen LogP contribution in [0.5, 0.6) is 0 Å². The minimum Gasteiger partial charge on any atom is -0.311 e. The van der Waals surface area contributed by atoms with Gasteiger partial charge in [0.1, 0.15) is 5.82 Å². The maximum Gasteiger partial charge on any atom is 0.417 e. The number of pyridine rings is 2. The molecule has 3 rings (SSSR count). The smallest absolute Gasteiger partial charge is 0.311 e. The number of hydrogen-bond donors (Lipinski definition) is 1. The van der Waals surface area contributed by atoms with E-state index in [1.54, 1.807) is 6.07 Å². The van der Waals surface area contributed by atoms with Crippen molar-refractivity contribution in [1.29, 1.82) is 0 Å². The van der Waals surface area contributed by atoms with Crippen molar-refractivity contribution in [3.8, 4) is 0 Å². The number of alkyl halides is 3. The first-order valence-corrected chi connectivity index (χ1v) is 8.51. The summed E-state index contributed by atoms with van der Waals surface area (Å²) in [5.74, 6) is -0.185. The summed E-state index contributed by atoms with van der Waals surface area (Å²) < 4.78 is 42.3. The lowest BCUT2D eigenvalue weighted by Crippen LogP contribution is -2.25. The zero-order valence-electron chi connectivity index (χ0n) is 14.8. The van der Waals surface area contributed by atoms with Crippen LogP contribution in [0.15, 0.2) is 29.2 Å². The molecule has 0 radical (unpaired) electrons. The molecule has 28 heavy (non-hydrogen) atoms. The van der Waals surface area contributed by atoms with Crippen LogP contribution in [0.2, 0.25) is 5.02 Å². The van der Waals surface area contributed by atoms with Gasteiger partial charge >= 0.3 is 6.18 Å². The van der Waals surface area contributed by atoms with Gasteiger partial charge in [-0.15, -0.1) is 0 Å². The first kappa shape index (κ1) is 19.9. The van der Waals surface area contributed by atoms with Crippen molar-refractivity contribution < 1.29 is 18.0 Å². The van der Waals surface area contributed by atoms with Crippen molar-refractivity contribution in [2.45, 2.75) is 26.1 Å². The number of carbonyl (C=O) groups excluding carboxylic acids is 1. The lowest BCUT2D eigenvalue weighted by molar-refractivity contribution is -0.136. The van der Waals surface area contributed by atoms with Crippen molar-refractivity contribution in [1.82, 2.24) is 19.3 Å². The zero-order chi connectivity index (χ0) is 20.6. The van der Waals surface area contributed by atoms with Gasteiger partial charge in [-0.1, -0.05) is 11.6 Å². The Balaban J connectivity index is 1.90. The Morgan fingerprint density at radius 2 is 2.04 bits per heavy atom. The summed E-state index contributed by atoms with van der Waals surface area (Å²) in [6.45, 7) is 1.35. The Labute approximate surface area is 161 Å². The fourth-order valence-electron chi connectivity index (χ4n) is 2.78. The number of fused-ring (bicyclic) bond motifs is 1. The second-order valence-electron chi connectivity index (χ2n) is 6.11. The number of nitrogens with zero attached hydrogens (tertiary/aromatic N) is 4. The van der Waals surface area contributed by atoms with E-state index in [1.807, 2.05) is 0 Å². The van der Waals surface area contributed by atoms with Crippen LogP contribution in [0.4, 0.5) is 19.0 Å². The highest BCUT2D eigenvalue weighted by molar-refractivity contribution is 6.30. The molecule has 0 spiro atoms. The third kappa shape index (κ3) is 3.86. The van der Waals surface area contributed by atoms with Crippen LogP contribution >= 0.6 is 11.6 Å². The molecule has 0 unspecified atom stereocenters. The van der Waals surface area contributed by atoms with Crippen LogP contribution in [-0.2, 0) is 24.6 Å². The van der Waals surface area contributed by atoms with E-state index in [2.05, 4.69) is 15.4 Å². The van der Waals surface area contributed by atoms with E-state index in [9.17, 15) is 22.8 Å². The molecule has 0 saturated carbocycles. The number of amides is 1. The predicted octanol–water partition coefficient (Wildman–Crippen LogP) is 3.14. The minimum absolute atomic E-state index is 0.114.